The molecule has 0 bridgehead atoms. The van der Waals surface area contributed by atoms with Crippen LogP contribution in [0.2, 0.25) is 0 Å². The molecule has 1 N–H and O–H groups in total. The van der Waals surface area contributed by atoms with Crippen molar-refractivity contribution in [3.8, 4) is 11.3 Å². The Balaban J connectivity index is 2.63. The third-order valence-electron chi connectivity index (χ3n) is 2.01. The topological polar surface area (TPSA) is 45.8 Å². The molecule has 2 rings (SSSR count). The van der Waals surface area contributed by atoms with Crippen molar-refractivity contribution in [3.63, 3.8) is 0 Å². The molecule has 0 atom stereocenters. The number of aromatic nitrogens is 2. The molecule has 72 valence electrons. The summed E-state index contributed by atoms with van der Waals surface area (Å²) in [7, 11) is 0. The largest absolute Gasteiger partial charge is 0.345 e. The van der Waals surface area contributed by atoms with Gasteiger partial charge in [-0.2, -0.15) is 4.98 Å². The number of hydrogen-bond acceptors (Lipinski definition) is 3. The summed E-state index contributed by atoms with van der Waals surface area (Å²) in [5.74, 6) is 0. The predicted octanol–water partition coefficient (Wildman–Crippen LogP) is 2.12. The van der Waals surface area contributed by atoms with Crippen molar-refractivity contribution in [2.75, 3.05) is 0 Å². The van der Waals surface area contributed by atoms with Gasteiger partial charge in [-0.15, -0.1) is 11.3 Å². The number of thiophene rings is 1. The summed E-state index contributed by atoms with van der Waals surface area (Å²) in [4.78, 5) is 18.9. The molecule has 3 nitrogen and oxygen atoms in total. The molecule has 2 heterocycles. The molecular weight excluding hydrogens is 196 g/mol. The van der Waals surface area contributed by atoms with Gasteiger partial charge in [0.25, 0.3) is 0 Å². The van der Waals surface area contributed by atoms with E-state index in [2.05, 4.69) is 9.97 Å². The normalized spacial score (nSPS) is 10.4. The summed E-state index contributed by atoms with van der Waals surface area (Å²) in [5, 5.41) is 2.00. The van der Waals surface area contributed by atoms with E-state index in [4.69, 9.17) is 0 Å². The second-order valence-electron chi connectivity index (χ2n) is 3.15. The van der Waals surface area contributed by atoms with Gasteiger partial charge in [-0.25, -0.2) is 4.79 Å². The number of aryl methyl sites for hydroxylation is 2. The number of aromatic amines is 1. The Kier molecular flexibility index (Phi) is 2.21. The maximum Gasteiger partial charge on any atom is 0.345 e. The minimum Gasteiger partial charge on any atom is -0.310 e. The van der Waals surface area contributed by atoms with E-state index in [-0.39, 0.29) is 5.69 Å². The van der Waals surface area contributed by atoms with Crippen LogP contribution in [-0.4, -0.2) is 9.97 Å². The Morgan fingerprint density at radius 3 is 2.79 bits per heavy atom. The SMILES string of the molecule is Cc1cc(-c2ccsc2C)nc(=O)[nH]1. The van der Waals surface area contributed by atoms with E-state index in [0.29, 0.717) is 0 Å². The first-order chi connectivity index (χ1) is 6.66. The standard InChI is InChI=1S/C10H10N2OS/c1-6-5-9(12-10(13)11-6)8-3-4-14-7(8)2/h3-5H,1-2H3,(H,11,12,13). The van der Waals surface area contributed by atoms with Crippen LogP contribution in [0, 0.1) is 13.8 Å². The molecule has 0 amide bonds. The molecule has 0 unspecified atom stereocenters. The van der Waals surface area contributed by atoms with Gasteiger partial charge in [0.1, 0.15) is 0 Å². The Morgan fingerprint density at radius 2 is 2.21 bits per heavy atom. The molecule has 0 radical (unpaired) electrons. The Hall–Kier alpha value is -1.42. The smallest absolute Gasteiger partial charge is 0.310 e. The molecule has 2 aromatic rings. The Labute approximate surface area is 85.5 Å². The summed E-state index contributed by atoms with van der Waals surface area (Å²) < 4.78 is 0. The van der Waals surface area contributed by atoms with Crippen molar-refractivity contribution in [2.45, 2.75) is 13.8 Å². The fourth-order valence-electron chi connectivity index (χ4n) is 1.37. The van der Waals surface area contributed by atoms with Gasteiger partial charge < -0.3 is 4.98 Å². The summed E-state index contributed by atoms with van der Waals surface area (Å²) in [6.07, 6.45) is 0. The average molecular weight is 206 g/mol. The van der Waals surface area contributed by atoms with E-state index in [0.717, 1.165) is 17.0 Å². The van der Waals surface area contributed by atoms with Crippen LogP contribution in [0.25, 0.3) is 11.3 Å². The number of hydrogen-bond donors (Lipinski definition) is 1. The van der Waals surface area contributed by atoms with Crippen LogP contribution in [0.3, 0.4) is 0 Å². The third-order valence-corrected chi connectivity index (χ3v) is 2.86. The van der Waals surface area contributed by atoms with Crippen LogP contribution < -0.4 is 5.69 Å². The van der Waals surface area contributed by atoms with Gasteiger partial charge in [-0.1, -0.05) is 0 Å². The molecule has 0 spiro atoms. The fourth-order valence-corrected chi connectivity index (χ4v) is 2.08. The van der Waals surface area contributed by atoms with Crippen LogP contribution in [0.15, 0.2) is 22.3 Å². The average Bonchev–Trinajstić information content (AvgIpc) is 2.49. The van der Waals surface area contributed by atoms with E-state index in [1.165, 1.54) is 4.88 Å². The highest BCUT2D eigenvalue weighted by Gasteiger charge is 2.05. The summed E-state index contributed by atoms with van der Waals surface area (Å²) in [6.45, 7) is 3.88. The van der Waals surface area contributed by atoms with E-state index in [1.54, 1.807) is 11.3 Å². The highest BCUT2D eigenvalue weighted by Crippen LogP contribution is 2.24. The zero-order valence-electron chi connectivity index (χ0n) is 8.00. The third kappa shape index (κ3) is 1.61. The van der Waals surface area contributed by atoms with Crippen LogP contribution in [0.4, 0.5) is 0 Å². The highest BCUT2D eigenvalue weighted by atomic mass is 32.1. The molecule has 0 aliphatic rings. The quantitative estimate of drug-likeness (QED) is 0.776. The second kappa shape index (κ2) is 3.38. The molecule has 2 aromatic heterocycles. The molecule has 0 fully saturated rings. The van der Waals surface area contributed by atoms with E-state index in [9.17, 15) is 4.79 Å². The van der Waals surface area contributed by atoms with Gasteiger partial charge in [-0.05, 0) is 31.4 Å². The summed E-state index contributed by atoms with van der Waals surface area (Å²) >= 11 is 1.66. The van der Waals surface area contributed by atoms with Gasteiger partial charge in [0.15, 0.2) is 0 Å². The van der Waals surface area contributed by atoms with E-state index >= 15 is 0 Å². The van der Waals surface area contributed by atoms with Crippen LogP contribution in [-0.2, 0) is 0 Å². The first-order valence-corrected chi connectivity index (χ1v) is 5.17. The van der Waals surface area contributed by atoms with Crippen molar-refractivity contribution in [1.82, 2.24) is 9.97 Å². The van der Waals surface area contributed by atoms with E-state index in [1.807, 2.05) is 31.4 Å². The number of nitrogens with one attached hydrogen (secondary N) is 1. The lowest BCUT2D eigenvalue weighted by molar-refractivity contribution is 1.03. The first-order valence-electron chi connectivity index (χ1n) is 4.29. The number of rotatable bonds is 1. The first kappa shape index (κ1) is 9.15. The minimum atomic E-state index is -0.286. The maximum absolute atomic E-state index is 11.2. The lowest BCUT2D eigenvalue weighted by Gasteiger charge is -1.99. The maximum atomic E-state index is 11.2. The summed E-state index contributed by atoms with van der Waals surface area (Å²) in [6, 6.07) is 3.87. The molecule has 0 aliphatic heterocycles. The van der Waals surface area contributed by atoms with Crippen molar-refractivity contribution >= 4 is 11.3 Å². The Bertz CT molecular complexity index is 513. The van der Waals surface area contributed by atoms with Gasteiger partial charge in [0.2, 0.25) is 0 Å². The van der Waals surface area contributed by atoms with E-state index < -0.39 is 0 Å². The monoisotopic (exact) mass is 206 g/mol. The molecule has 0 aliphatic carbocycles. The molecule has 0 aromatic carbocycles. The fraction of sp³-hybridized carbons (Fsp3) is 0.200. The minimum absolute atomic E-state index is 0.286. The van der Waals surface area contributed by atoms with Crippen LogP contribution in [0.5, 0.6) is 0 Å². The lowest BCUT2D eigenvalue weighted by Crippen LogP contribution is -2.11. The van der Waals surface area contributed by atoms with Crippen molar-refractivity contribution < 1.29 is 0 Å². The number of nitrogens with zero attached hydrogens (tertiary/aromatic N) is 1. The molecule has 4 heteroatoms. The highest BCUT2D eigenvalue weighted by molar-refractivity contribution is 7.10. The van der Waals surface area contributed by atoms with Crippen molar-refractivity contribution in [2.24, 2.45) is 0 Å². The second-order valence-corrected chi connectivity index (χ2v) is 4.27. The van der Waals surface area contributed by atoms with Crippen LogP contribution in [0.1, 0.15) is 10.6 Å². The predicted molar refractivity (Wildman–Crippen MR) is 57.6 cm³/mol. The lowest BCUT2D eigenvalue weighted by atomic mass is 10.2. The molecule has 14 heavy (non-hydrogen) atoms. The molecule has 0 saturated carbocycles. The van der Waals surface area contributed by atoms with Gasteiger partial charge in [-0.3, -0.25) is 0 Å². The van der Waals surface area contributed by atoms with Crippen molar-refractivity contribution in [1.29, 1.82) is 0 Å². The number of H-pyrrole nitrogens is 1. The zero-order chi connectivity index (χ0) is 10.1. The van der Waals surface area contributed by atoms with Gasteiger partial charge >= 0.3 is 5.69 Å². The van der Waals surface area contributed by atoms with Crippen LogP contribution >= 0.6 is 11.3 Å². The molecule has 0 saturated heterocycles. The Morgan fingerprint density at radius 1 is 1.43 bits per heavy atom. The van der Waals surface area contributed by atoms with Gasteiger partial charge in [0.05, 0.1) is 5.69 Å². The van der Waals surface area contributed by atoms with Crippen molar-refractivity contribution in [3.05, 3.63) is 38.6 Å². The molecular formula is C10H10N2OS. The summed E-state index contributed by atoms with van der Waals surface area (Å²) in [5.41, 5.74) is 2.35. The van der Waals surface area contributed by atoms with Gasteiger partial charge in [0, 0.05) is 16.1 Å². The zero-order valence-corrected chi connectivity index (χ0v) is 8.81.